The van der Waals surface area contributed by atoms with Crippen LogP contribution in [0.3, 0.4) is 0 Å². The molecule has 1 aliphatic heterocycles. The Balaban J connectivity index is 1.82. The van der Waals surface area contributed by atoms with Gasteiger partial charge in [0.15, 0.2) is 0 Å². The maximum atomic E-state index is 13.0. The van der Waals surface area contributed by atoms with Crippen molar-refractivity contribution in [1.29, 1.82) is 0 Å². The summed E-state index contributed by atoms with van der Waals surface area (Å²) < 4.78 is 0. The van der Waals surface area contributed by atoms with Gasteiger partial charge in [0.25, 0.3) is 5.91 Å². The molecule has 24 heavy (non-hydrogen) atoms. The Morgan fingerprint density at radius 1 is 1.12 bits per heavy atom. The number of hydrogen-bond acceptors (Lipinski definition) is 3. The Kier molecular flexibility index (Phi) is 5.07. The van der Waals surface area contributed by atoms with Crippen molar-refractivity contribution in [3.05, 3.63) is 28.8 Å². The van der Waals surface area contributed by atoms with Gasteiger partial charge in [0.2, 0.25) is 0 Å². The first-order valence-electron chi connectivity index (χ1n) is 8.94. The van der Waals surface area contributed by atoms with Crippen LogP contribution in [0.2, 0.25) is 0 Å². The van der Waals surface area contributed by atoms with E-state index < -0.39 is 5.97 Å². The third-order valence-electron chi connectivity index (χ3n) is 5.31. The molecule has 3 rings (SSSR count). The van der Waals surface area contributed by atoms with E-state index in [2.05, 4.69) is 0 Å². The third-order valence-corrected chi connectivity index (χ3v) is 5.31. The average molecular weight is 331 g/mol. The van der Waals surface area contributed by atoms with Gasteiger partial charge in [-0.1, -0.05) is 6.07 Å². The number of likely N-dealkylation sites (tertiary alicyclic amines) is 1. The highest BCUT2D eigenvalue weighted by atomic mass is 16.4. The van der Waals surface area contributed by atoms with Crippen molar-refractivity contribution in [2.75, 3.05) is 6.54 Å². The van der Waals surface area contributed by atoms with E-state index in [-0.39, 0.29) is 24.1 Å². The van der Waals surface area contributed by atoms with E-state index in [0.29, 0.717) is 18.5 Å². The zero-order valence-electron chi connectivity index (χ0n) is 14.0. The summed E-state index contributed by atoms with van der Waals surface area (Å²) in [5, 5.41) is 19.5. The number of nitrogens with zero attached hydrogens (tertiary/aromatic N) is 1. The van der Waals surface area contributed by atoms with Gasteiger partial charge in [-0.05, 0) is 68.6 Å². The molecule has 0 radical (unpaired) electrons. The van der Waals surface area contributed by atoms with E-state index in [9.17, 15) is 14.7 Å². The summed E-state index contributed by atoms with van der Waals surface area (Å²) in [6, 6.07) is 3.67. The number of benzene rings is 1. The van der Waals surface area contributed by atoms with Crippen molar-refractivity contribution in [3.63, 3.8) is 0 Å². The Hall–Kier alpha value is -2.04. The number of phenolic OH excluding ortho intramolecular Hbond substituents is 1. The van der Waals surface area contributed by atoms with Gasteiger partial charge in [-0.3, -0.25) is 9.59 Å². The van der Waals surface area contributed by atoms with Crippen LogP contribution in [0.25, 0.3) is 0 Å². The second-order valence-corrected chi connectivity index (χ2v) is 6.89. The molecule has 1 atom stereocenters. The van der Waals surface area contributed by atoms with Gasteiger partial charge in [0, 0.05) is 19.0 Å². The molecule has 0 bridgehead atoms. The molecule has 1 heterocycles. The molecule has 130 valence electrons. The van der Waals surface area contributed by atoms with Crippen molar-refractivity contribution in [2.24, 2.45) is 0 Å². The number of aliphatic carboxylic acids is 1. The fourth-order valence-corrected chi connectivity index (χ4v) is 3.99. The lowest BCUT2D eigenvalue weighted by atomic mass is 9.88. The molecule has 0 saturated carbocycles. The SMILES string of the molecule is O=C(O)CCC1CCCCN1C(=O)c1ccc2c(c1O)CCCC2. The third kappa shape index (κ3) is 3.40. The quantitative estimate of drug-likeness (QED) is 0.888. The Morgan fingerprint density at radius 3 is 2.71 bits per heavy atom. The van der Waals surface area contributed by atoms with Crippen molar-refractivity contribution in [1.82, 2.24) is 4.90 Å². The van der Waals surface area contributed by atoms with Gasteiger partial charge in [-0.25, -0.2) is 0 Å². The van der Waals surface area contributed by atoms with E-state index in [1.54, 1.807) is 11.0 Å². The Labute approximate surface area is 142 Å². The number of phenols is 1. The standard InChI is InChI=1S/C19H25NO4/c21-17(22)11-9-14-6-3-4-12-20(14)19(24)16-10-8-13-5-1-2-7-15(13)18(16)23/h8,10,14,23H,1-7,9,11-12H2,(H,21,22). The van der Waals surface area contributed by atoms with E-state index in [1.807, 2.05) is 6.07 Å². The molecule has 1 saturated heterocycles. The smallest absolute Gasteiger partial charge is 0.303 e. The zero-order valence-corrected chi connectivity index (χ0v) is 14.0. The Bertz CT molecular complexity index is 640. The van der Waals surface area contributed by atoms with E-state index >= 15 is 0 Å². The normalized spacial score (nSPS) is 20.5. The molecular formula is C19H25NO4. The van der Waals surface area contributed by atoms with Crippen molar-refractivity contribution < 1.29 is 19.8 Å². The molecule has 1 fully saturated rings. The first-order valence-corrected chi connectivity index (χ1v) is 8.94. The van der Waals surface area contributed by atoms with Crippen LogP contribution in [0.5, 0.6) is 5.75 Å². The molecule has 2 aliphatic rings. The number of hydrogen-bond donors (Lipinski definition) is 2. The van der Waals surface area contributed by atoms with Gasteiger partial charge in [0.05, 0.1) is 5.56 Å². The fraction of sp³-hybridized carbons (Fsp3) is 0.579. The van der Waals surface area contributed by atoms with E-state index in [1.165, 1.54) is 0 Å². The van der Waals surface area contributed by atoms with Gasteiger partial charge in [-0.15, -0.1) is 0 Å². The first-order chi connectivity index (χ1) is 11.6. The molecule has 1 aliphatic carbocycles. The second-order valence-electron chi connectivity index (χ2n) is 6.89. The van der Waals surface area contributed by atoms with Crippen LogP contribution < -0.4 is 0 Å². The second kappa shape index (κ2) is 7.24. The predicted octanol–water partition coefficient (Wildman–Crippen LogP) is 3.13. The number of amides is 1. The number of carbonyl (C=O) groups is 2. The highest BCUT2D eigenvalue weighted by Crippen LogP contribution is 2.34. The maximum Gasteiger partial charge on any atom is 0.303 e. The van der Waals surface area contributed by atoms with Crippen molar-refractivity contribution in [2.45, 2.75) is 63.8 Å². The highest BCUT2D eigenvalue weighted by Gasteiger charge is 2.30. The lowest BCUT2D eigenvalue weighted by Gasteiger charge is -2.36. The maximum absolute atomic E-state index is 13.0. The summed E-state index contributed by atoms with van der Waals surface area (Å²) in [7, 11) is 0. The minimum Gasteiger partial charge on any atom is -0.507 e. The molecule has 1 aromatic rings. The molecule has 0 spiro atoms. The highest BCUT2D eigenvalue weighted by molar-refractivity contribution is 5.97. The summed E-state index contributed by atoms with van der Waals surface area (Å²) in [6.45, 7) is 0.639. The van der Waals surface area contributed by atoms with E-state index in [0.717, 1.165) is 56.1 Å². The number of carboxylic acid groups (broad SMARTS) is 1. The van der Waals surface area contributed by atoms with Gasteiger partial charge >= 0.3 is 5.97 Å². The van der Waals surface area contributed by atoms with Crippen molar-refractivity contribution >= 4 is 11.9 Å². The lowest BCUT2D eigenvalue weighted by Crippen LogP contribution is -2.44. The number of carbonyl (C=O) groups excluding carboxylic acids is 1. The topological polar surface area (TPSA) is 77.8 Å². The monoisotopic (exact) mass is 331 g/mol. The average Bonchev–Trinajstić information content (AvgIpc) is 2.60. The number of fused-ring (bicyclic) bond motifs is 1. The van der Waals surface area contributed by atoms with Crippen LogP contribution in [0.4, 0.5) is 0 Å². The lowest BCUT2D eigenvalue weighted by molar-refractivity contribution is -0.137. The number of aromatic hydroxyl groups is 1. The van der Waals surface area contributed by atoms with Gasteiger partial charge in [0.1, 0.15) is 5.75 Å². The summed E-state index contributed by atoms with van der Waals surface area (Å²) in [6.07, 6.45) is 7.30. The molecule has 5 nitrogen and oxygen atoms in total. The zero-order chi connectivity index (χ0) is 17.1. The van der Waals surface area contributed by atoms with Crippen LogP contribution >= 0.6 is 0 Å². The number of carboxylic acids is 1. The summed E-state index contributed by atoms with van der Waals surface area (Å²) in [5.74, 6) is -0.847. The van der Waals surface area contributed by atoms with Gasteiger partial charge in [-0.2, -0.15) is 0 Å². The van der Waals surface area contributed by atoms with Crippen LogP contribution in [0.1, 0.15) is 66.4 Å². The fourth-order valence-electron chi connectivity index (χ4n) is 3.99. The molecular weight excluding hydrogens is 306 g/mol. The summed E-state index contributed by atoms with van der Waals surface area (Å²) in [4.78, 5) is 25.6. The summed E-state index contributed by atoms with van der Waals surface area (Å²) in [5.41, 5.74) is 2.44. The first kappa shape index (κ1) is 16.8. The van der Waals surface area contributed by atoms with Crippen LogP contribution in [0.15, 0.2) is 12.1 Å². The number of rotatable bonds is 4. The number of aryl methyl sites for hydroxylation is 1. The molecule has 5 heteroatoms. The molecule has 1 amide bonds. The van der Waals surface area contributed by atoms with E-state index in [4.69, 9.17) is 5.11 Å². The largest absolute Gasteiger partial charge is 0.507 e. The molecule has 1 unspecified atom stereocenters. The molecule has 1 aromatic carbocycles. The van der Waals surface area contributed by atoms with Crippen LogP contribution in [-0.2, 0) is 17.6 Å². The molecule has 2 N–H and O–H groups in total. The minimum atomic E-state index is -0.829. The number of piperidine rings is 1. The van der Waals surface area contributed by atoms with Crippen LogP contribution in [0, 0.1) is 0 Å². The Morgan fingerprint density at radius 2 is 1.92 bits per heavy atom. The van der Waals surface area contributed by atoms with Gasteiger partial charge < -0.3 is 15.1 Å². The van der Waals surface area contributed by atoms with Crippen molar-refractivity contribution in [3.8, 4) is 5.75 Å². The predicted molar refractivity (Wildman–Crippen MR) is 90.3 cm³/mol. The minimum absolute atomic E-state index is 0.0437. The molecule has 0 aromatic heterocycles. The summed E-state index contributed by atoms with van der Waals surface area (Å²) >= 11 is 0. The van der Waals surface area contributed by atoms with Crippen LogP contribution in [-0.4, -0.2) is 39.6 Å².